The van der Waals surface area contributed by atoms with Gasteiger partial charge in [-0.1, -0.05) is 13.8 Å². The first-order valence-electron chi connectivity index (χ1n) is 7.12. The predicted molar refractivity (Wildman–Crippen MR) is 73.3 cm³/mol. The van der Waals surface area contributed by atoms with Crippen LogP contribution in [0.25, 0.3) is 0 Å². The maximum absolute atomic E-state index is 11.5. The molecule has 6 heteroatoms. The molecule has 0 amide bonds. The van der Waals surface area contributed by atoms with Crippen LogP contribution >= 0.6 is 0 Å². The summed E-state index contributed by atoms with van der Waals surface area (Å²) in [6.07, 6.45) is 1.83. The highest BCUT2D eigenvalue weighted by Crippen LogP contribution is 2.02. The van der Waals surface area contributed by atoms with Gasteiger partial charge in [0.15, 0.2) is 5.92 Å². The van der Waals surface area contributed by atoms with Gasteiger partial charge in [0.1, 0.15) is 13.2 Å². The average molecular weight is 290 g/mol. The SMILES string of the molecule is CCCOCCOC(=O)C(C)C(=O)OCCOCCC. The fourth-order valence-corrected chi connectivity index (χ4v) is 1.24. The molecular weight excluding hydrogens is 264 g/mol. The topological polar surface area (TPSA) is 71.1 Å². The third kappa shape index (κ3) is 9.75. The van der Waals surface area contributed by atoms with Crippen molar-refractivity contribution >= 4 is 11.9 Å². The number of carbonyl (C=O) groups is 2. The molecule has 0 atom stereocenters. The van der Waals surface area contributed by atoms with Crippen LogP contribution in [0.2, 0.25) is 0 Å². The van der Waals surface area contributed by atoms with Crippen LogP contribution in [-0.4, -0.2) is 51.6 Å². The van der Waals surface area contributed by atoms with Gasteiger partial charge < -0.3 is 18.9 Å². The molecule has 20 heavy (non-hydrogen) atoms. The van der Waals surface area contributed by atoms with E-state index in [0.717, 1.165) is 12.8 Å². The van der Waals surface area contributed by atoms with Crippen molar-refractivity contribution in [2.45, 2.75) is 33.6 Å². The third-order valence-electron chi connectivity index (χ3n) is 2.35. The van der Waals surface area contributed by atoms with Crippen LogP contribution in [0.4, 0.5) is 0 Å². The summed E-state index contributed by atoms with van der Waals surface area (Å²) in [7, 11) is 0. The van der Waals surface area contributed by atoms with Crippen LogP contribution in [-0.2, 0) is 28.5 Å². The van der Waals surface area contributed by atoms with E-state index in [1.165, 1.54) is 6.92 Å². The molecule has 0 bridgehead atoms. The van der Waals surface area contributed by atoms with Crippen molar-refractivity contribution in [1.82, 2.24) is 0 Å². The van der Waals surface area contributed by atoms with Crippen LogP contribution < -0.4 is 0 Å². The molecule has 0 aromatic rings. The molecular formula is C14H26O6. The van der Waals surface area contributed by atoms with Crippen molar-refractivity contribution in [3.05, 3.63) is 0 Å². The Labute approximate surface area is 120 Å². The quantitative estimate of drug-likeness (QED) is 0.308. The summed E-state index contributed by atoms with van der Waals surface area (Å²) in [5.74, 6) is -2.11. The lowest BCUT2D eigenvalue weighted by Gasteiger charge is -2.11. The van der Waals surface area contributed by atoms with Crippen molar-refractivity contribution in [2.75, 3.05) is 39.6 Å². The molecule has 0 N–H and O–H groups in total. The largest absolute Gasteiger partial charge is 0.463 e. The van der Waals surface area contributed by atoms with E-state index >= 15 is 0 Å². The second-order valence-corrected chi connectivity index (χ2v) is 4.28. The first-order valence-corrected chi connectivity index (χ1v) is 7.12. The van der Waals surface area contributed by atoms with Gasteiger partial charge in [-0.15, -0.1) is 0 Å². The molecule has 0 saturated heterocycles. The van der Waals surface area contributed by atoms with Gasteiger partial charge in [-0.25, -0.2) is 0 Å². The number of hydrogen-bond donors (Lipinski definition) is 0. The summed E-state index contributed by atoms with van der Waals surface area (Å²) in [4.78, 5) is 23.1. The molecule has 0 aliphatic rings. The lowest BCUT2D eigenvalue weighted by atomic mass is 10.2. The Morgan fingerprint density at radius 3 is 1.50 bits per heavy atom. The van der Waals surface area contributed by atoms with E-state index in [0.29, 0.717) is 26.4 Å². The Balaban J connectivity index is 3.67. The molecule has 0 aromatic heterocycles. The van der Waals surface area contributed by atoms with Crippen LogP contribution in [0, 0.1) is 5.92 Å². The number of carbonyl (C=O) groups excluding carboxylic acids is 2. The average Bonchev–Trinajstić information content (AvgIpc) is 2.45. The van der Waals surface area contributed by atoms with Crippen molar-refractivity contribution in [3.8, 4) is 0 Å². The van der Waals surface area contributed by atoms with Gasteiger partial charge in [-0.05, 0) is 19.8 Å². The third-order valence-corrected chi connectivity index (χ3v) is 2.35. The molecule has 0 unspecified atom stereocenters. The number of hydrogen-bond acceptors (Lipinski definition) is 6. The van der Waals surface area contributed by atoms with Gasteiger partial charge >= 0.3 is 11.9 Å². The molecule has 0 aliphatic heterocycles. The van der Waals surface area contributed by atoms with E-state index in [1.807, 2.05) is 13.8 Å². The number of esters is 2. The first-order chi connectivity index (χ1) is 9.63. The summed E-state index contributed by atoms with van der Waals surface area (Å²) in [5, 5.41) is 0. The van der Waals surface area contributed by atoms with Gasteiger partial charge in [0.2, 0.25) is 0 Å². The predicted octanol–water partition coefficient (Wildman–Crippen LogP) is 1.56. The lowest BCUT2D eigenvalue weighted by molar-refractivity contribution is -0.162. The standard InChI is InChI=1S/C14H26O6/c1-4-6-17-8-10-19-13(15)12(3)14(16)20-11-9-18-7-5-2/h12H,4-11H2,1-3H3. The highest BCUT2D eigenvalue weighted by Gasteiger charge is 2.24. The molecule has 0 aliphatic carbocycles. The Kier molecular flexibility index (Phi) is 12.1. The molecule has 0 rings (SSSR count). The van der Waals surface area contributed by atoms with E-state index in [2.05, 4.69) is 0 Å². The van der Waals surface area contributed by atoms with Crippen LogP contribution in [0.3, 0.4) is 0 Å². The zero-order valence-electron chi connectivity index (χ0n) is 12.7. The van der Waals surface area contributed by atoms with Crippen molar-refractivity contribution in [1.29, 1.82) is 0 Å². The van der Waals surface area contributed by atoms with Crippen LogP contribution in [0.1, 0.15) is 33.6 Å². The summed E-state index contributed by atoms with van der Waals surface area (Å²) in [5.41, 5.74) is 0. The lowest BCUT2D eigenvalue weighted by Crippen LogP contribution is -2.27. The summed E-state index contributed by atoms with van der Waals surface area (Å²) in [6.45, 7) is 7.69. The van der Waals surface area contributed by atoms with Gasteiger partial charge in [-0.2, -0.15) is 0 Å². The van der Waals surface area contributed by atoms with Gasteiger partial charge in [0.05, 0.1) is 13.2 Å². The Hall–Kier alpha value is -1.14. The van der Waals surface area contributed by atoms with Crippen molar-refractivity contribution in [3.63, 3.8) is 0 Å². The highest BCUT2D eigenvalue weighted by molar-refractivity contribution is 5.94. The second-order valence-electron chi connectivity index (χ2n) is 4.28. The summed E-state index contributed by atoms with van der Waals surface area (Å²) < 4.78 is 20.2. The molecule has 6 nitrogen and oxygen atoms in total. The van der Waals surface area contributed by atoms with Crippen LogP contribution in [0.15, 0.2) is 0 Å². The Morgan fingerprint density at radius 1 is 0.750 bits per heavy atom. The molecule has 118 valence electrons. The van der Waals surface area contributed by atoms with Crippen molar-refractivity contribution < 1.29 is 28.5 Å². The van der Waals surface area contributed by atoms with E-state index in [-0.39, 0.29) is 13.2 Å². The zero-order valence-corrected chi connectivity index (χ0v) is 12.7. The normalized spacial score (nSPS) is 10.6. The maximum Gasteiger partial charge on any atom is 0.320 e. The van der Waals surface area contributed by atoms with E-state index < -0.39 is 17.9 Å². The minimum atomic E-state index is -0.924. The minimum Gasteiger partial charge on any atom is -0.463 e. The summed E-state index contributed by atoms with van der Waals surface area (Å²) >= 11 is 0. The monoisotopic (exact) mass is 290 g/mol. The maximum atomic E-state index is 11.5. The molecule has 0 heterocycles. The number of ether oxygens (including phenoxy) is 4. The Morgan fingerprint density at radius 2 is 1.15 bits per heavy atom. The van der Waals surface area contributed by atoms with E-state index in [4.69, 9.17) is 18.9 Å². The Bertz CT molecular complexity index is 240. The van der Waals surface area contributed by atoms with E-state index in [9.17, 15) is 9.59 Å². The molecule has 0 saturated carbocycles. The minimum absolute atomic E-state index is 0.149. The van der Waals surface area contributed by atoms with Gasteiger partial charge in [0, 0.05) is 13.2 Å². The summed E-state index contributed by atoms with van der Waals surface area (Å²) in [6, 6.07) is 0. The van der Waals surface area contributed by atoms with Gasteiger partial charge in [0.25, 0.3) is 0 Å². The fraction of sp³-hybridized carbons (Fsp3) is 0.857. The first kappa shape index (κ1) is 18.9. The molecule has 0 aromatic carbocycles. The smallest absolute Gasteiger partial charge is 0.320 e. The molecule has 0 radical (unpaired) electrons. The van der Waals surface area contributed by atoms with Crippen molar-refractivity contribution in [2.24, 2.45) is 5.92 Å². The molecule has 0 fully saturated rings. The van der Waals surface area contributed by atoms with Gasteiger partial charge in [-0.3, -0.25) is 9.59 Å². The fourth-order valence-electron chi connectivity index (χ4n) is 1.24. The highest BCUT2D eigenvalue weighted by atomic mass is 16.6. The zero-order chi connectivity index (χ0) is 15.2. The molecule has 0 spiro atoms. The van der Waals surface area contributed by atoms with Crippen LogP contribution in [0.5, 0.6) is 0 Å². The second kappa shape index (κ2) is 12.9. The number of rotatable bonds is 12. The van der Waals surface area contributed by atoms with E-state index in [1.54, 1.807) is 0 Å².